The number of alkyl halides is 3. The normalized spacial score (nSPS) is 15.7. The minimum absolute atomic E-state index is 0.0803. The first-order valence-electron chi connectivity index (χ1n) is 7.93. The fourth-order valence-corrected chi connectivity index (χ4v) is 2.67. The molecule has 0 bridgehead atoms. The number of benzene rings is 1. The number of hydrogen-bond acceptors (Lipinski definition) is 4. The number of halogens is 5. The van der Waals surface area contributed by atoms with Gasteiger partial charge in [-0.3, -0.25) is 9.36 Å². The lowest BCUT2D eigenvalue weighted by Gasteiger charge is -2.19. The van der Waals surface area contributed by atoms with Crippen molar-refractivity contribution in [3.63, 3.8) is 0 Å². The minimum atomic E-state index is -4.72. The van der Waals surface area contributed by atoms with Crippen LogP contribution in [0.25, 0.3) is 5.69 Å². The molecule has 1 aromatic heterocycles. The fraction of sp³-hybridized carbons (Fsp3) is 0.438. The maximum Gasteiger partial charge on any atom is 0.425 e. The SMILES string of the molecule is C[C@H](Oc1cc(-n2nc(C3CC3)n(C)c2=O)c(F)cc1C(=O)Cl)C(F)(F)F. The Balaban J connectivity index is 2.12. The predicted molar refractivity (Wildman–Crippen MR) is 87.1 cm³/mol. The van der Waals surface area contributed by atoms with Crippen LogP contribution >= 0.6 is 11.6 Å². The molecule has 11 heteroatoms. The van der Waals surface area contributed by atoms with Gasteiger partial charge in [-0.1, -0.05) is 0 Å². The highest BCUT2D eigenvalue weighted by molar-refractivity contribution is 6.68. The average molecular weight is 408 g/mol. The molecule has 1 atom stereocenters. The number of carbonyl (C=O) groups excluding carboxylic acids is 1. The summed E-state index contributed by atoms with van der Waals surface area (Å²) in [4.78, 5) is 23.8. The van der Waals surface area contributed by atoms with Gasteiger partial charge in [0.25, 0.3) is 5.24 Å². The number of hydrogen-bond donors (Lipinski definition) is 0. The quantitative estimate of drug-likeness (QED) is 0.563. The second-order valence-corrected chi connectivity index (χ2v) is 6.60. The summed E-state index contributed by atoms with van der Waals surface area (Å²) in [7, 11) is 1.47. The third-order valence-electron chi connectivity index (χ3n) is 4.21. The maximum atomic E-state index is 14.5. The highest BCUT2D eigenvalue weighted by Crippen LogP contribution is 2.38. The molecule has 3 rings (SSSR count). The van der Waals surface area contributed by atoms with E-state index < -0.39 is 46.0 Å². The molecular weight excluding hydrogens is 394 g/mol. The maximum absolute atomic E-state index is 14.5. The standard InChI is InChI=1S/C16H14ClF4N3O3/c1-7(16(19,20)21)27-12-6-11(10(18)5-9(12)13(17)25)24-15(26)23(2)14(22-24)8-3-4-8/h5-8H,3-4H2,1-2H3/t7-/m0/s1. The molecule has 146 valence electrons. The van der Waals surface area contributed by atoms with E-state index in [9.17, 15) is 27.2 Å². The zero-order chi connectivity index (χ0) is 20.1. The number of aromatic nitrogens is 3. The van der Waals surface area contributed by atoms with Gasteiger partial charge in [0.1, 0.15) is 23.1 Å². The van der Waals surface area contributed by atoms with E-state index in [1.54, 1.807) is 0 Å². The Morgan fingerprint density at radius 1 is 1.37 bits per heavy atom. The van der Waals surface area contributed by atoms with Crippen LogP contribution in [0, 0.1) is 5.82 Å². The van der Waals surface area contributed by atoms with E-state index in [4.69, 9.17) is 16.3 Å². The number of nitrogens with zero attached hydrogens (tertiary/aromatic N) is 3. The van der Waals surface area contributed by atoms with Crippen LogP contribution in [0.4, 0.5) is 17.6 Å². The number of ether oxygens (including phenoxy) is 1. The monoisotopic (exact) mass is 407 g/mol. The fourth-order valence-electron chi connectivity index (χ4n) is 2.52. The summed E-state index contributed by atoms with van der Waals surface area (Å²) in [6.45, 7) is 0.726. The van der Waals surface area contributed by atoms with Crippen LogP contribution in [-0.2, 0) is 7.05 Å². The number of carbonyl (C=O) groups is 1. The van der Waals surface area contributed by atoms with Gasteiger partial charge < -0.3 is 4.74 Å². The van der Waals surface area contributed by atoms with Gasteiger partial charge >= 0.3 is 11.9 Å². The first kappa shape index (κ1) is 19.4. The van der Waals surface area contributed by atoms with Crippen molar-refractivity contribution in [1.29, 1.82) is 0 Å². The Morgan fingerprint density at radius 2 is 2.00 bits per heavy atom. The van der Waals surface area contributed by atoms with Crippen molar-refractivity contribution >= 4 is 16.8 Å². The van der Waals surface area contributed by atoms with Crippen molar-refractivity contribution in [3.05, 3.63) is 39.8 Å². The van der Waals surface area contributed by atoms with Crippen LogP contribution in [0.5, 0.6) is 5.75 Å². The van der Waals surface area contributed by atoms with E-state index >= 15 is 0 Å². The molecule has 1 aliphatic carbocycles. The Hall–Kier alpha value is -2.36. The summed E-state index contributed by atoms with van der Waals surface area (Å²) in [5, 5.41) is 2.88. The topological polar surface area (TPSA) is 66.1 Å². The third-order valence-corrected chi connectivity index (χ3v) is 4.41. The van der Waals surface area contributed by atoms with Crippen LogP contribution in [0.3, 0.4) is 0 Å². The predicted octanol–water partition coefficient (Wildman–Crippen LogP) is 3.30. The second kappa shape index (κ2) is 6.66. The van der Waals surface area contributed by atoms with Gasteiger partial charge in [-0.05, 0) is 37.4 Å². The van der Waals surface area contributed by atoms with Crippen LogP contribution < -0.4 is 10.4 Å². The molecule has 0 spiro atoms. The zero-order valence-corrected chi connectivity index (χ0v) is 14.9. The summed E-state index contributed by atoms with van der Waals surface area (Å²) in [6, 6.07) is 1.44. The molecule has 0 N–H and O–H groups in total. The lowest BCUT2D eigenvalue weighted by Crippen LogP contribution is -2.31. The highest BCUT2D eigenvalue weighted by atomic mass is 35.5. The molecule has 1 aliphatic rings. The summed E-state index contributed by atoms with van der Waals surface area (Å²) in [5.41, 5.74) is -1.69. The Morgan fingerprint density at radius 3 is 2.52 bits per heavy atom. The Bertz CT molecular complexity index is 963. The summed E-state index contributed by atoms with van der Waals surface area (Å²) >= 11 is 5.33. The summed E-state index contributed by atoms with van der Waals surface area (Å²) in [6.07, 6.45) is -5.33. The van der Waals surface area contributed by atoms with Crippen LogP contribution in [0.15, 0.2) is 16.9 Å². The Kier molecular flexibility index (Phi) is 4.79. The molecule has 0 saturated heterocycles. The first-order chi connectivity index (χ1) is 12.5. The highest BCUT2D eigenvalue weighted by Gasteiger charge is 2.39. The lowest BCUT2D eigenvalue weighted by molar-refractivity contribution is -0.189. The molecule has 0 radical (unpaired) electrons. The summed E-state index contributed by atoms with van der Waals surface area (Å²) in [5.74, 6) is -1.12. The third kappa shape index (κ3) is 3.71. The molecule has 1 fully saturated rings. The molecule has 0 aliphatic heterocycles. The van der Waals surface area contributed by atoms with Gasteiger partial charge in [0.05, 0.1) is 5.56 Å². The smallest absolute Gasteiger partial charge is 0.425 e. The molecule has 1 heterocycles. The molecule has 27 heavy (non-hydrogen) atoms. The van der Waals surface area contributed by atoms with Gasteiger partial charge in [0.15, 0.2) is 6.10 Å². The molecule has 2 aromatic rings. The van der Waals surface area contributed by atoms with E-state index in [-0.39, 0.29) is 5.92 Å². The lowest BCUT2D eigenvalue weighted by atomic mass is 10.2. The van der Waals surface area contributed by atoms with Crippen molar-refractivity contribution < 1.29 is 27.1 Å². The van der Waals surface area contributed by atoms with E-state index in [0.29, 0.717) is 11.9 Å². The van der Waals surface area contributed by atoms with E-state index in [2.05, 4.69) is 5.10 Å². The second-order valence-electron chi connectivity index (χ2n) is 6.26. The van der Waals surface area contributed by atoms with Gasteiger partial charge in [-0.15, -0.1) is 5.10 Å². The molecule has 1 aromatic carbocycles. The van der Waals surface area contributed by atoms with Gasteiger partial charge in [-0.2, -0.15) is 17.9 Å². The Labute approximate surface area is 155 Å². The van der Waals surface area contributed by atoms with Crippen molar-refractivity contribution in [1.82, 2.24) is 14.3 Å². The molecular formula is C16H14ClF4N3O3. The van der Waals surface area contributed by atoms with E-state index in [1.165, 1.54) is 11.6 Å². The molecule has 1 saturated carbocycles. The van der Waals surface area contributed by atoms with E-state index in [0.717, 1.165) is 30.5 Å². The van der Waals surface area contributed by atoms with Crippen molar-refractivity contribution in [3.8, 4) is 11.4 Å². The molecule has 0 unspecified atom stereocenters. The van der Waals surface area contributed by atoms with Crippen LogP contribution in [-0.4, -0.2) is 31.9 Å². The largest absolute Gasteiger partial charge is 0.480 e. The summed E-state index contributed by atoms with van der Waals surface area (Å²) < 4.78 is 59.6. The van der Waals surface area contributed by atoms with Crippen LogP contribution in [0.2, 0.25) is 0 Å². The minimum Gasteiger partial charge on any atom is -0.480 e. The first-order valence-corrected chi connectivity index (χ1v) is 8.31. The van der Waals surface area contributed by atoms with Crippen LogP contribution in [0.1, 0.15) is 41.9 Å². The van der Waals surface area contributed by atoms with Gasteiger partial charge in [-0.25, -0.2) is 9.18 Å². The molecule has 0 amide bonds. The number of rotatable bonds is 5. The van der Waals surface area contributed by atoms with Gasteiger partial charge in [0.2, 0.25) is 0 Å². The molecule has 6 nitrogen and oxygen atoms in total. The van der Waals surface area contributed by atoms with Crippen molar-refractivity contribution in [2.45, 2.75) is 38.0 Å². The average Bonchev–Trinajstić information content (AvgIpc) is 3.36. The van der Waals surface area contributed by atoms with Crippen molar-refractivity contribution in [2.24, 2.45) is 7.05 Å². The zero-order valence-electron chi connectivity index (χ0n) is 14.2. The van der Waals surface area contributed by atoms with Crippen molar-refractivity contribution in [2.75, 3.05) is 0 Å². The van der Waals surface area contributed by atoms with E-state index in [1.807, 2.05) is 0 Å². The van der Waals surface area contributed by atoms with Gasteiger partial charge in [0, 0.05) is 19.0 Å².